The van der Waals surface area contributed by atoms with E-state index in [4.69, 9.17) is 19.7 Å². The summed E-state index contributed by atoms with van der Waals surface area (Å²) >= 11 is 1.59. The van der Waals surface area contributed by atoms with Gasteiger partial charge in [0, 0.05) is 93.7 Å². The summed E-state index contributed by atoms with van der Waals surface area (Å²) in [6.07, 6.45) is 7.88. The van der Waals surface area contributed by atoms with Crippen molar-refractivity contribution in [3.63, 3.8) is 0 Å². The number of piperidine rings is 1. The Hall–Kier alpha value is -6.83. The van der Waals surface area contributed by atoms with Crippen LogP contribution in [0, 0.1) is 12.8 Å². The summed E-state index contributed by atoms with van der Waals surface area (Å²) in [6, 6.07) is 22.6. The number of nitrogens with one attached hydrogen (secondary N) is 1. The lowest BCUT2D eigenvalue weighted by atomic mass is 9.91. The predicted octanol–water partition coefficient (Wildman–Crippen LogP) is 7.67. The van der Waals surface area contributed by atoms with Gasteiger partial charge in [0.15, 0.2) is 17.4 Å². The van der Waals surface area contributed by atoms with E-state index in [1.807, 2.05) is 87.9 Å². The van der Waals surface area contributed by atoms with E-state index in [0.717, 1.165) is 104 Å². The summed E-state index contributed by atoms with van der Waals surface area (Å²) in [5.41, 5.74) is 14.5. The van der Waals surface area contributed by atoms with Gasteiger partial charge in [-0.2, -0.15) is 0 Å². The third-order valence-electron chi connectivity index (χ3n) is 16.0. The zero-order chi connectivity index (χ0) is 51.9. The number of thiazole rings is 1. The Morgan fingerprint density at radius 3 is 2.37 bits per heavy atom. The van der Waals surface area contributed by atoms with Crippen molar-refractivity contribution in [2.24, 2.45) is 5.92 Å². The molecule has 2 bridgehead atoms. The Balaban J connectivity index is 0.646. The van der Waals surface area contributed by atoms with Crippen molar-refractivity contribution < 1.29 is 33.8 Å². The molecule has 75 heavy (non-hydrogen) atoms. The second-order valence-corrected chi connectivity index (χ2v) is 22.2. The zero-order valence-electron chi connectivity index (χ0n) is 43.0. The Bertz CT molecular complexity index is 2970. The fraction of sp³-hybridized carbons (Fsp3) is 0.482. The number of likely N-dealkylation sites (tertiary alicyclic amines) is 1. The molecule has 5 aliphatic heterocycles. The molecule has 6 atom stereocenters. The molecule has 6 aromatic rings. The molecule has 3 unspecified atom stereocenters. The number of nitrogens with two attached hydrogens (primary N) is 1. The number of nitrogens with zero attached hydrogens (tertiary/aromatic N) is 9. The van der Waals surface area contributed by atoms with E-state index in [1.54, 1.807) is 23.5 Å². The second kappa shape index (κ2) is 21.4. The molecule has 6 fully saturated rings. The minimum absolute atomic E-state index is 0.0270. The molecule has 394 valence electrons. The topological polar surface area (TPSA) is 222 Å². The molecule has 0 radical (unpaired) electrons. The maximum atomic E-state index is 14.4. The second-order valence-electron chi connectivity index (χ2n) is 21.4. The number of aromatic nitrogens is 5. The van der Waals surface area contributed by atoms with E-state index in [1.165, 1.54) is 4.90 Å². The fourth-order valence-corrected chi connectivity index (χ4v) is 12.6. The van der Waals surface area contributed by atoms with Crippen LogP contribution < -0.4 is 30.5 Å². The lowest BCUT2D eigenvalue weighted by molar-refractivity contribution is -0.141. The Morgan fingerprint density at radius 2 is 1.63 bits per heavy atom. The highest BCUT2D eigenvalue weighted by Gasteiger charge is 2.44. The van der Waals surface area contributed by atoms with Gasteiger partial charge in [0.05, 0.1) is 51.8 Å². The normalized spacial score (nSPS) is 23.8. The van der Waals surface area contributed by atoms with Gasteiger partial charge < -0.3 is 54.9 Å². The van der Waals surface area contributed by atoms with Gasteiger partial charge in [-0.3, -0.25) is 9.59 Å². The number of nitrogen functional groups attached to an aromatic ring is 1. The van der Waals surface area contributed by atoms with E-state index >= 15 is 0 Å². The number of aliphatic hydroxyl groups excluding tert-OH is 1. The zero-order valence-corrected chi connectivity index (χ0v) is 43.8. The fourth-order valence-electron chi connectivity index (χ4n) is 11.8. The SMILES string of the molecule is Cc1ncsc1-c1ccc([C@H](C)NC(=O)[C@@H]2C[C@@H](O)CN2C(=O)C(c2cc(N3CCC(O[C@H]4C[C@H](Oc5cc(N6CC7CCCC6CN7c6cc(-c7ccccc7O)nnc6N)ccn5)C4)CC3)no2)C(C)C)cc1. The lowest BCUT2D eigenvalue weighted by Gasteiger charge is -2.46. The molecule has 2 amide bonds. The first-order valence-electron chi connectivity index (χ1n) is 26.6. The highest BCUT2D eigenvalue weighted by atomic mass is 32.1. The molecule has 6 aliphatic rings. The number of hydrogen-bond acceptors (Lipinski definition) is 17. The molecule has 1 saturated carbocycles. The number of rotatable bonds is 15. The van der Waals surface area contributed by atoms with Gasteiger partial charge in [-0.25, -0.2) is 9.97 Å². The van der Waals surface area contributed by atoms with E-state index < -0.39 is 18.1 Å². The Kier molecular flexibility index (Phi) is 14.4. The number of anilines is 4. The summed E-state index contributed by atoms with van der Waals surface area (Å²) < 4.78 is 19.0. The number of aryl methyl sites for hydroxylation is 1. The minimum Gasteiger partial charge on any atom is -0.507 e. The van der Waals surface area contributed by atoms with Crippen LogP contribution in [0.1, 0.15) is 101 Å². The average molecular weight is 1040 g/mol. The summed E-state index contributed by atoms with van der Waals surface area (Å²) in [4.78, 5) is 46.9. The van der Waals surface area contributed by atoms with Crippen molar-refractivity contribution in [1.82, 2.24) is 35.5 Å². The number of hydrogen-bond donors (Lipinski definition) is 4. The Labute approximate surface area is 441 Å². The van der Waals surface area contributed by atoms with Crippen LogP contribution in [0.2, 0.25) is 0 Å². The van der Waals surface area contributed by atoms with Crippen molar-refractivity contribution in [3.05, 3.63) is 102 Å². The number of aromatic hydroxyl groups is 1. The number of fused-ring (bicyclic) bond motifs is 4. The van der Waals surface area contributed by atoms with E-state index in [9.17, 15) is 19.8 Å². The summed E-state index contributed by atoms with van der Waals surface area (Å²) in [5.74, 6) is 0.903. The number of benzene rings is 2. The molecule has 18 nitrogen and oxygen atoms in total. The van der Waals surface area contributed by atoms with Crippen molar-refractivity contribution in [1.29, 1.82) is 0 Å². The summed E-state index contributed by atoms with van der Waals surface area (Å²) in [5, 5.41) is 37.5. The highest BCUT2D eigenvalue weighted by Crippen LogP contribution is 2.40. The number of carbonyl (C=O) groups excluding carboxylic acids is 2. The molecular weight excluding hydrogens is 971 g/mol. The first-order chi connectivity index (χ1) is 36.3. The number of aliphatic hydroxyl groups is 1. The number of phenolic OH excluding ortho intramolecular Hbond substituents is 1. The molecular formula is C56H67N11O7S. The van der Waals surface area contributed by atoms with E-state index in [-0.39, 0.29) is 72.9 Å². The van der Waals surface area contributed by atoms with Crippen LogP contribution in [0.15, 0.2) is 89.0 Å². The van der Waals surface area contributed by atoms with Gasteiger partial charge in [-0.1, -0.05) is 55.4 Å². The van der Waals surface area contributed by atoms with E-state index in [2.05, 4.69) is 57.5 Å². The molecule has 4 aromatic heterocycles. The van der Waals surface area contributed by atoms with E-state index in [0.29, 0.717) is 34.5 Å². The van der Waals surface area contributed by atoms with Crippen molar-refractivity contribution in [2.75, 3.05) is 53.2 Å². The molecule has 0 spiro atoms. The van der Waals surface area contributed by atoms with Crippen LogP contribution in [0.25, 0.3) is 21.7 Å². The van der Waals surface area contributed by atoms with Crippen LogP contribution in [0.5, 0.6) is 11.6 Å². The number of phenols is 1. The molecule has 1 aliphatic carbocycles. The molecule has 19 heteroatoms. The third-order valence-corrected chi connectivity index (χ3v) is 17.0. The van der Waals surface area contributed by atoms with Crippen LogP contribution >= 0.6 is 11.3 Å². The molecule has 5 N–H and O–H groups in total. The number of carbonyl (C=O) groups is 2. The number of amides is 2. The molecule has 2 aromatic carbocycles. The van der Waals surface area contributed by atoms with Gasteiger partial charge in [0.1, 0.15) is 23.8 Å². The summed E-state index contributed by atoms with van der Waals surface area (Å²) in [6.45, 7) is 11.0. The standard InChI is InChI=1S/C56H67N11O7S/c1-32(2)52(56(71)67-30-40(68)23-47(67)55(70)60-33(3)35-12-14-36(15-13-35)53-34(4)59-31-75-53)49-27-50(63-74-49)64-20-17-41(18-21-64)72-42-24-43(25-42)73-51-22-37(16-19-58-51)65-28-39-9-7-8-38(65)29-66(39)46-26-45(61-62-54(46)57)44-10-5-6-11-48(44)69/h5-6,10-16,19,22,26-27,31-33,38-43,47,52,68-69H,7-9,17-18,20-21,23-25,28-30H2,1-4H3,(H2,57,62)(H,60,70)/t33-,38?,39?,40+,42-,43-,47-,52?/m0/s1. The first-order valence-corrected chi connectivity index (χ1v) is 27.4. The molecule has 12 rings (SSSR count). The van der Waals surface area contributed by atoms with Gasteiger partial charge in [0.2, 0.25) is 17.7 Å². The quantitative estimate of drug-likeness (QED) is 0.0775. The monoisotopic (exact) mass is 1040 g/mol. The van der Waals surface area contributed by atoms with Crippen molar-refractivity contribution >= 4 is 46.2 Å². The number of piperazine rings is 1. The summed E-state index contributed by atoms with van der Waals surface area (Å²) in [7, 11) is 0. The van der Waals surface area contributed by atoms with Crippen LogP contribution in [0.3, 0.4) is 0 Å². The van der Waals surface area contributed by atoms with Crippen molar-refractivity contribution in [3.8, 4) is 33.3 Å². The van der Waals surface area contributed by atoms with Gasteiger partial charge in [-0.05, 0) is 87.3 Å². The van der Waals surface area contributed by atoms with Crippen LogP contribution in [-0.2, 0) is 14.3 Å². The lowest BCUT2D eigenvalue weighted by Crippen LogP contribution is -2.57. The maximum absolute atomic E-state index is 14.4. The average Bonchev–Trinajstić information content (AvgIpc) is 4.09. The number of para-hydroxylation sites is 1. The number of pyridine rings is 1. The van der Waals surface area contributed by atoms with Gasteiger partial charge in [-0.15, -0.1) is 21.5 Å². The van der Waals surface area contributed by atoms with Crippen LogP contribution in [-0.4, -0.2) is 128 Å². The highest BCUT2D eigenvalue weighted by molar-refractivity contribution is 7.13. The minimum atomic E-state index is -0.817. The molecule has 5 saturated heterocycles. The van der Waals surface area contributed by atoms with Crippen LogP contribution in [0.4, 0.5) is 23.0 Å². The number of ether oxygens (including phenoxy) is 2. The Morgan fingerprint density at radius 1 is 0.867 bits per heavy atom. The first kappa shape index (κ1) is 50.3. The smallest absolute Gasteiger partial charge is 0.243 e. The van der Waals surface area contributed by atoms with Gasteiger partial charge >= 0.3 is 0 Å². The number of β-amino-alcohol motifs (C(OH)–C–C–N with tert-alkyl or cyclic N) is 1. The van der Waals surface area contributed by atoms with Gasteiger partial charge in [0.25, 0.3) is 0 Å². The third kappa shape index (κ3) is 10.6. The largest absolute Gasteiger partial charge is 0.507 e. The molecule has 9 heterocycles. The predicted molar refractivity (Wildman–Crippen MR) is 287 cm³/mol. The van der Waals surface area contributed by atoms with Crippen molar-refractivity contribution in [2.45, 2.75) is 134 Å². The maximum Gasteiger partial charge on any atom is 0.243 e.